The molecule has 13 nitrogen and oxygen atoms in total. The number of carbonyl (C=O) groups excluding carboxylic acids is 5. The van der Waals surface area contributed by atoms with Crippen LogP contribution in [-0.4, -0.2) is 77.2 Å². The van der Waals surface area contributed by atoms with Gasteiger partial charge in [0.25, 0.3) is 11.8 Å². The maximum Gasteiger partial charge on any atom is 0.424 e. The Morgan fingerprint density at radius 3 is 2.81 bits per heavy atom. The van der Waals surface area contributed by atoms with Crippen molar-refractivity contribution in [1.29, 1.82) is 0 Å². The zero-order valence-electron chi connectivity index (χ0n) is 16.1. The molecule has 0 spiro atoms. The van der Waals surface area contributed by atoms with Crippen LogP contribution < -0.4 is 10.6 Å². The van der Waals surface area contributed by atoms with Gasteiger partial charge in [-0.15, -0.1) is 22.9 Å². The maximum atomic E-state index is 12.7. The number of nitrogens with zero attached hydrogens (tertiary/aromatic N) is 3. The quantitative estimate of drug-likeness (QED) is 0.124. The van der Waals surface area contributed by atoms with Gasteiger partial charge in [-0.3, -0.25) is 14.4 Å². The molecular formula is C16H16ClN5O8S. The number of β-lactam (4-membered cyclic amide) rings is 1. The Kier molecular flexibility index (Phi) is 8.63. The molecule has 15 heteroatoms. The first-order chi connectivity index (χ1) is 14.9. The molecule has 1 fully saturated rings. The number of thiazole rings is 1. The van der Waals surface area contributed by atoms with Crippen LogP contribution in [0.5, 0.6) is 0 Å². The third-order valence-electron chi connectivity index (χ3n) is 3.58. The van der Waals surface area contributed by atoms with Gasteiger partial charge in [-0.05, 0) is 6.92 Å². The van der Waals surface area contributed by atoms with Crippen LogP contribution in [0.15, 0.2) is 16.8 Å². The van der Waals surface area contributed by atoms with Crippen LogP contribution in [0.1, 0.15) is 12.6 Å². The van der Waals surface area contributed by atoms with Crippen molar-refractivity contribution in [2.45, 2.75) is 19.2 Å². The van der Waals surface area contributed by atoms with Crippen LogP contribution in [0.25, 0.3) is 0 Å². The van der Waals surface area contributed by atoms with Crippen LogP contribution in [-0.2, 0) is 33.5 Å². The SMILES string of the molecule is CCO[C@@H]1[C@H](NC(=O)C(=NOC)c2csc(NC(=O)CCl)n2)C(=O)N1C(=O)OC=C=O. The molecule has 0 bridgehead atoms. The lowest BCUT2D eigenvalue weighted by Gasteiger charge is -2.43. The van der Waals surface area contributed by atoms with E-state index in [4.69, 9.17) is 16.3 Å². The molecule has 2 heterocycles. The van der Waals surface area contributed by atoms with E-state index in [9.17, 15) is 24.0 Å². The lowest BCUT2D eigenvalue weighted by atomic mass is 10.0. The van der Waals surface area contributed by atoms with Crippen molar-refractivity contribution in [2.75, 3.05) is 24.9 Å². The van der Waals surface area contributed by atoms with Gasteiger partial charge in [-0.1, -0.05) is 5.16 Å². The molecule has 0 aromatic carbocycles. The Labute approximate surface area is 184 Å². The fourth-order valence-corrected chi connectivity index (χ4v) is 3.14. The first kappa shape index (κ1) is 24.0. The normalized spacial score (nSPS) is 17.8. The summed E-state index contributed by atoms with van der Waals surface area (Å²) in [5, 5.41) is 10.0. The number of rotatable bonds is 9. The monoisotopic (exact) mass is 473 g/mol. The van der Waals surface area contributed by atoms with Crippen molar-refractivity contribution in [3.63, 3.8) is 0 Å². The number of aromatic nitrogens is 1. The number of nitrogens with one attached hydrogen (secondary N) is 2. The van der Waals surface area contributed by atoms with E-state index in [1.165, 1.54) is 18.4 Å². The van der Waals surface area contributed by atoms with Gasteiger partial charge in [0.05, 0.1) is 0 Å². The molecule has 0 radical (unpaired) electrons. The van der Waals surface area contributed by atoms with Crippen molar-refractivity contribution in [3.05, 3.63) is 17.3 Å². The summed E-state index contributed by atoms with van der Waals surface area (Å²) in [7, 11) is 1.20. The molecule has 4 amide bonds. The minimum atomic E-state index is -1.24. The summed E-state index contributed by atoms with van der Waals surface area (Å²) in [6.07, 6.45) is -1.90. The standard InChI is InChI=1S/C16H16ClN5O8S/c1-3-29-14-11(13(26)22(14)16(27)30-5-4-23)20-12(25)10(21-28-2)8-7-31-15(18-8)19-9(24)6-17/h5,7,11,14H,3,6H2,1-2H3,(H,20,25)(H,18,19,24)/t11-,14-/m1/s1. The topological polar surface area (TPSA) is 166 Å². The average Bonchev–Trinajstić information content (AvgIpc) is 3.21. The molecule has 0 aliphatic carbocycles. The van der Waals surface area contributed by atoms with Gasteiger partial charge >= 0.3 is 6.09 Å². The summed E-state index contributed by atoms with van der Waals surface area (Å²) >= 11 is 6.43. The number of hydrogen-bond acceptors (Lipinski definition) is 11. The molecule has 0 unspecified atom stereocenters. The number of anilines is 1. The van der Waals surface area contributed by atoms with Crippen LogP contribution >= 0.6 is 22.9 Å². The van der Waals surface area contributed by atoms with Gasteiger partial charge < -0.3 is 24.9 Å². The summed E-state index contributed by atoms with van der Waals surface area (Å²) < 4.78 is 9.74. The second-order valence-corrected chi connectivity index (χ2v) is 6.59. The molecule has 1 aliphatic rings. The molecule has 1 aromatic rings. The molecule has 1 aliphatic heterocycles. The number of oxime groups is 1. The Bertz CT molecular complexity index is 944. The highest BCUT2D eigenvalue weighted by Crippen LogP contribution is 2.23. The summed E-state index contributed by atoms with van der Waals surface area (Å²) in [5.41, 5.74) is -0.237. The van der Waals surface area contributed by atoms with Crippen molar-refractivity contribution >= 4 is 63.5 Å². The molecule has 1 aromatic heterocycles. The first-order valence-electron chi connectivity index (χ1n) is 8.46. The summed E-state index contributed by atoms with van der Waals surface area (Å²) in [4.78, 5) is 67.8. The molecular weight excluding hydrogens is 458 g/mol. The third kappa shape index (κ3) is 5.64. The molecule has 1 saturated heterocycles. The van der Waals surface area contributed by atoms with E-state index in [0.29, 0.717) is 11.2 Å². The number of halogens is 1. The fourth-order valence-electron chi connectivity index (χ4n) is 2.36. The zero-order valence-corrected chi connectivity index (χ0v) is 17.7. The zero-order chi connectivity index (χ0) is 23.0. The summed E-state index contributed by atoms with van der Waals surface area (Å²) in [5.74, 6) is -1.22. The maximum absolute atomic E-state index is 12.7. The summed E-state index contributed by atoms with van der Waals surface area (Å²) in [6.45, 7) is 1.71. The van der Waals surface area contributed by atoms with Crippen molar-refractivity contribution in [3.8, 4) is 0 Å². The fraction of sp³-hybridized carbons (Fsp3) is 0.375. The molecule has 0 saturated carbocycles. The number of alkyl halides is 1. The number of amides is 4. The Hall–Kier alpha value is -3.32. The smallest absolute Gasteiger partial charge is 0.406 e. The van der Waals surface area contributed by atoms with E-state index in [0.717, 1.165) is 11.3 Å². The molecule has 31 heavy (non-hydrogen) atoms. The lowest BCUT2D eigenvalue weighted by Crippen LogP contribution is -2.73. The van der Waals surface area contributed by atoms with E-state index in [2.05, 4.69) is 30.3 Å². The lowest BCUT2D eigenvalue weighted by molar-refractivity contribution is -0.176. The van der Waals surface area contributed by atoms with Gasteiger partial charge in [0.1, 0.15) is 18.7 Å². The predicted octanol–water partition coefficient (Wildman–Crippen LogP) is -0.158. The largest absolute Gasteiger partial charge is 0.424 e. The molecule has 166 valence electrons. The predicted molar refractivity (Wildman–Crippen MR) is 106 cm³/mol. The molecule has 2 atom stereocenters. The van der Waals surface area contributed by atoms with Crippen LogP contribution in [0.3, 0.4) is 0 Å². The van der Waals surface area contributed by atoms with Crippen LogP contribution in [0, 0.1) is 0 Å². The van der Waals surface area contributed by atoms with Crippen LogP contribution in [0.2, 0.25) is 0 Å². The highest BCUT2D eigenvalue weighted by Gasteiger charge is 2.53. The van der Waals surface area contributed by atoms with E-state index in [-0.39, 0.29) is 29.0 Å². The molecule has 2 rings (SSSR count). The second-order valence-electron chi connectivity index (χ2n) is 5.47. The minimum Gasteiger partial charge on any atom is -0.406 e. The second kappa shape index (κ2) is 11.2. The van der Waals surface area contributed by atoms with Gasteiger partial charge in [0.2, 0.25) is 5.91 Å². The van der Waals surface area contributed by atoms with E-state index in [1.807, 2.05) is 0 Å². The van der Waals surface area contributed by atoms with Crippen molar-refractivity contribution in [1.82, 2.24) is 15.2 Å². The highest BCUT2D eigenvalue weighted by molar-refractivity contribution is 7.14. The van der Waals surface area contributed by atoms with E-state index >= 15 is 0 Å². The van der Waals surface area contributed by atoms with Gasteiger partial charge in [-0.25, -0.2) is 19.5 Å². The number of ether oxygens (including phenoxy) is 2. The first-order valence-corrected chi connectivity index (χ1v) is 9.87. The Balaban J connectivity index is 2.16. The minimum absolute atomic E-state index is 0.0568. The molecule has 2 N–H and O–H groups in total. The Morgan fingerprint density at radius 2 is 2.19 bits per heavy atom. The van der Waals surface area contributed by atoms with E-state index < -0.39 is 36.1 Å². The highest BCUT2D eigenvalue weighted by atomic mass is 35.5. The van der Waals surface area contributed by atoms with Gasteiger partial charge in [0, 0.05) is 12.0 Å². The number of likely N-dealkylation sites (tertiary alicyclic amines) is 1. The van der Waals surface area contributed by atoms with Gasteiger partial charge in [-0.2, -0.15) is 0 Å². The Morgan fingerprint density at radius 1 is 1.45 bits per heavy atom. The average molecular weight is 474 g/mol. The number of hydrogen-bond donors (Lipinski definition) is 2. The van der Waals surface area contributed by atoms with Crippen molar-refractivity contribution in [2.24, 2.45) is 5.16 Å². The van der Waals surface area contributed by atoms with Crippen molar-refractivity contribution < 1.29 is 38.3 Å². The van der Waals surface area contributed by atoms with Gasteiger partial charge in [0.15, 0.2) is 35.3 Å². The number of imide groups is 1. The third-order valence-corrected chi connectivity index (χ3v) is 4.58. The summed E-state index contributed by atoms with van der Waals surface area (Å²) in [6, 6.07) is -1.24. The van der Waals surface area contributed by atoms with Crippen LogP contribution in [0.4, 0.5) is 9.93 Å². The number of carbonyl (C=O) groups is 4. The van der Waals surface area contributed by atoms with E-state index in [1.54, 1.807) is 6.92 Å².